The van der Waals surface area contributed by atoms with Gasteiger partial charge in [0.1, 0.15) is 0 Å². The van der Waals surface area contributed by atoms with Crippen LogP contribution < -0.4 is 5.73 Å². The SMILES string of the molecule is COCCC(N)c1nc(-c2cccc(Br)c2)no1. The van der Waals surface area contributed by atoms with E-state index in [0.29, 0.717) is 24.7 Å². The zero-order chi connectivity index (χ0) is 13.0. The summed E-state index contributed by atoms with van der Waals surface area (Å²) in [4.78, 5) is 4.30. The van der Waals surface area contributed by atoms with Gasteiger partial charge in [0.2, 0.25) is 11.7 Å². The van der Waals surface area contributed by atoms with Crippen molar-refractivity contribution in [3.05, 3.63) is 34.6 Å². The minimum absolute atomic E-state index is 0.293. The Morgan fingerprint density at radius 1 is 1.50 bits per heavy atom. The fourth-order valence-electron chi connectivity index (χ4n) is 1.50. The molecule has 96 valence electrons. The third-order valence-electron chi connectivity index (χ3n) is 2.47. The molecule has 2 aromatic rings. The molecule has 0 saturated heterocycles. The molecule has 0 aliphatic rings. The minimum atomic E-state index is -0.293. The lowest BCUT2D eigenvalue weighted by molar-refractivity contribution is 0.182. The van der Waals surface area contributed by atoms with E-state index in [1.807, 2.05) is 24.3 Å². The maximum Gasteiger partial charge on any atom is 0.243 e. The number of nitrogens with zero attached hydrogens (tertiary/aromatic N) is 2. The summed E-state index contributed by atoms with van der Waals surface area (Å²) in [6.45, 7) is 0.565. The van der Waals surface area contributed by atoms with Gasteiger partial charge in [0.25, 0.3) is 0 Å². The number of hydrogen-bond acceptors (Lipinski definition) is 5. The minimum Gasteiger partial charge on any atom is -0.385 e. The molecule has 0 fully saturated rings. The third-order valence-corrected chi connectivity index (χ3v) is 2.97. The Balaban J connectivity index is 2.15. The highest BCUT2D eigenvalue weighted by Crippen LogP contribution is 2.22. The highest BCUT2D eigenvalue weighted by Gasteiger charge is 2.15. The molecular formula is C12H14BrN3O2. The molecule has 0 aliphatic heterocycles. The van der Waals surface area contributed by atoms with Crippen molar-refractivity contribution >= 4 is 15.9 Å². The molecule has 1 aromatic heterocycles. The summed E-state index contributed by atoms with van der Waals surface area (Å²) in [5, 5.41) is 3.93. The molecule has 1 unspecified atom stereocenters. The molecule has 1 aromatic carbocycles. The highest BCUT2D eigenvalue weighted by molar-refractivity contribution is 9.10. The molecule has 0 radical (unpaired) electrons. The molecule has 1 heterocycles. The van der Waals surface area contributed by atoms with E-state index in [0.717, 1.165) is 10.0 Å². The Bertz CT molecular complexity index is 516. The Hall–Kier alpha value is -1.24. The van der Waals surface area contributed by atoms with Gasteiger partial charge in [0.15, 0.2) is 0 Å². The lowest BCUT2D eigenvalue weighted by atomic mass is 10.2. The second-order valence-corrected chi connectivity index (χ2v) is 4.77. The van der Waals surface area contributed by atoms with Gasteiger partial charge >= 0.3 is 0 Å². The van der Waals surface area contributed by atoms with Crippen LogP contribution in [0.5, 0.6) is 0 Å². The predicted molar refractivity (Wildman–Crippen MR) is 70.9 cm³/mol. The zero-order valence-electron chi connectivity index (χ0n) is 9.97. The molecule has 5 nitrogen and oxygen atoms in total. The van der Waals surface area contributed by atoms with E-state index in [1.165, 1.54) is 0 Å². The first-order chi connectivity index (χ1) is 8.70. The molecule has 0 aliphatic carbocycles. The molecule has 0 amide bonds. The Morgan fingerprint density at radius 3 is 3.06 bits per heavy atom. The van der Waals surface area contributed by atoms with E-state index in [-0.39, 0.29) is 6.04 Å². The van der Waals surface area contributed by atoms with Crippen molar-refractivity contribution in [3.8, 4) is 11.4 Å². The normalized spacial score (nSPS) is 12.6. The quantitative estimate of drug-likeness (QED) is 0.918. The highest BCUT2D eigenvalue weighted by atomic mass is 79.9. The molecule has 2 rings (SSSR count). The van der Waals surface area contributed by atoms with Crippen LogP contribution in [-0.4, -0.2) is 23.9 Å². The summed E-state index contributed by atoms with van der Waals surface area (Å²) in [5.74, 6) is 0.973. The molecular weight excluding hydrogens is 298 g/mol. The van der Waals surface area contributed by atoms with E-state index in [1.54, 1.807) is 7.11 Å². The third kappa shape index (κ3) is 3.16. The Kier molecular flexibility index (Phi) is 4.46. The van der Waals surface area contributed by atoms with E-state index < -0.39 is 0 Å². The lowest BCUT2D eigenvalue weighted by Gasteiger charge is -2.04. The van der Waals surface area contributed by atoms with Gasteiger partial charge in [-0.15, -0.1) is 0 Å². The van der Waals surface area contributed by atoms with Crippen LogP contribution in [0.4, 0.5) is 0 Å². The second-order valence-electron chi connectivity index (χ2n) is 3.85. The molecule has 18 heavy (non-hydrogen) atoms. The van der Waals surface area contributed by atoms with E-state index in [2.05, 4.69) is 26.1 Å². The average molecular weight is 312 g/mol. The first-order valence-electron chi connectivity index (χ1n) is 5.55. The first kappa shape index (κ1) is 13.2. The van der Waals surface area contributed by atoms with Crippen molar-refractivity contribution in [3.63, 3.8) is 0 Å². The number of ether oxygens (including phenoxy) is 1. The number of aromatic nitrogens is 2. The van der Waals surface area contributed by atoms with Crippen molar-refractivity contribution in [2.24, 2.45) is 5.73 Å². The fraction of sp³-hybridized carbons (Fsp3) is 0.333. The largest absolute Gasteiger partial charge is 0.385 e. The zero-order valence-corrected chi connectivity index (χ0v) is 11.6. The summed E-state index contributed by atoms with van der Waals surface area (Å²) in [6, 6.07) is 7.41. The van der Waals surface area contributed by atoms with Gasteiger partial charge in [-0.05, 0) is 18.6 Å². The molecule has 6 heteroatoms. The average Bonchev–Trinajstić information content (AvgIpc) is 2.85. The van der Waals surface area contributed by atoms with Crippen LogP contribution in [0.3, 0.4) is 0 Å². The van der Waals surface area contributed by atoms with Crippen LogP contribution in [0.2, 0.25) is 0 Å². The molecule has 2 N–H and O–H groups in total. The van der Waals surface area contributed by atoms with Gasteiger partial charge in [-0.3, -0.25) is 0 Å². The van der Waals surface area contributed by atoms with Crippen LogP contribution in [0.1, 0.15) is 18.4 Å². The van der Waals surface area contributed by atoms with Crippen LogP contribution in [0.15, 0.2) is 33.3 Å². The van der Waals surface area contributed by atoms with Crippen molar-refractivity contribution in [2.45, 2.75) is 12.5 Å². The Morgan fingerprint density at radius 2 is 2.33 bits per heavy atom. The van der Waals surface area contributed by atoms with Crippen molar-refractivity contribution in [1.29, 1.82) is 0 Å². The number of nitrogens with two attached hydrogens (primary N) is 1. The number of halogens is 1. The topological polar surface area (TPSA) is 74.2 Å². The monoisotopic (exact) mass is 311 g/mol. The molecule has 1 atom stereocenters. The number of benzene rings is 1. The fourth-order valence-corrected chi connectivity index (χ4v) is 1.90. The van der Waals surface area contributed by atoms with Gasteiger partial charge < -0.3 is 15.0 Å². The summed E-state index contributed by atoms with van der Waals surface area (Å²) < 4.78 is 11.1. The maximum atomic E-state index is 5.92. The summed E-state index contributed by atoms with van der Waals surface area (Å²) in [6.07, 6.45) is 0.649. The molecule has 0 bridgehead atoms. The van der Waals surface area contributed by atoms with E-state index >= 15 is 0 Å². The number of rotatable bonds is 5. The predicted octanol–water partition coefficient (Wildman–Crippen LogP) is 2.54. The van der Waals surface area contributed by atoms with E-state index in [9.17, 15) is 0 Å². The van der Waals surface area contributed by atoms with Crippen molar-refractivity contribution < 1.29 is 9.26 Å². The maximum absolute atomic E-state index is 5.92. The lowest BCUT2D eigenvalue weighted by Crippen LogP contribution is -2.12. The van der Waals surface area contributed by atoms with Crippen molar-refractivity contribution in [1.82, 2.24) is 10.1 Å². The van der Waals surface area contributed by atoms with Crippen LogP contribution in [-0.2, 0) is 4.74 Å². The summed E-state index contributed by atoms with van der Waals surface area (Å²) in [5.41, 5.74) is 6.80. The van der Waals surface area contributed by atoms with Gasteiger partial charge in [0, 0.05) is 23.8 Å². The molecule has 0 spiro atoms. The first-order valence-corrected chi connectivity index (χ1v) is 6.34. The van der Waals surface area contributed by atoms with E-state index in [4.69, 9.17) is 15.0 Å². The number of methoxy groups -OCH3 is 1. The second kappa shape index (κ2) is 6.08. The van der Waals surface area contributed by atoms with Crippen LogP contribution >= 0.6 is 15.9 Å². The van der Waals surface area contributed by atoms with Gasteiger partial charge in [-0.25, -0.2) is 0 Å². The van der Waals surface area contributed by atoms with Gasteiger partial charge in [-0.1, -0.05) is 33.2 Å². The number of hydrogen-bond donors (Lipinski definition) is 1. The van der Waals surface area contributed by atoms with Crippen LogP contribution in [0.25, 0.3) is 11.4 Å². The Labute approximate surface area is 113 Å². The van der Waals surface area contributed by atoms with Gasteiger partial charge in [-0.2, -0.15) is 4.98 Å². The van der Waals surface area contributed by atoms with Gasteiger partial charge in [0.05, 0.1) is 6.04 Å². The van der Waals surface area contributed by atoms with Crippen LogP contribution in [0, 0.1) is 0 Å². The smallest absolute Gasteiger partial charge is 0.243 e. The standard InChI is InChI=1S/C12H14BrN3O2/c1-17-6-5-10(14)12-15-11(16-18-12)8-3-2-4-9(13)7-8/h2-4,7,10H,5-6,14H2,1H3. The summed E-state index contributed by atoms with van der Waals surface area (Å²) >= 11 is 3.40. The molecule has 0 saturated carbocycles. The van der Waals surface area contributed by atoms with Crippen molar-refractivity contribution in [2.75, 3.05) is 13.7 Å². The summed E-state index contributed by atoms with van der Waals surface area (Å²) in [7, 11) is 1.63.